The highest BCUT2D eigenvalue weighted by Crippen LogP contribution is 2.27. The van der Waals surface area contributed by atoms with Crippen LogP contribution in [0.5, 0.6) is 5.75 Å². The molecule has 0 aromatic heterocycles. The van der Waals surface area contributed by atoms with Gasteiger partial charge in [0.2, 0.25) is 0 Å². The first-order valence-electron chi connectivity index (χ1n) is 7.36. The molecule has 5 nitrogen and oxygen atoms in total. The van der Waals surface area contributed by atoms with Crippen LogP contribution < -0.4 is 15.4 Å². The Bertz CT molecular complexity index is 471. The number of para-hydroxylation sites is 1. The van der Waals surface area contributed by atoms with Crippen LogP contribution in [0.15, 0.2) is 29.3 Å². The van der Waals surface area contributed by atoms with Gasteiger partial charge < -0.3 is 20.3 Å². The van der Waals surface area contributed by atoms with Gasteiger partial charge in [0.25, 0.3) is 0 Å². The van der Waals surface area contributed by atoms with E-state index in [0.29, 0.717) is 0 Å². The molecule has 1 atom stereocenters. The number of halogens is 1. The van der Waals surface area contributed by atoms with Gasteiger partial charge in [0.15, 0.2) is 5.96 Å². The standard InChI is InChI=1S/C16H28N4OS.HI/c1-17-16(18-10-11-22-5)19-12-14(20(2)3)13-8-6-7-9-15(13)21-4;/h6-9,14H,10-12H2,1-5H3,(H2,17,18,19);1H. The average molecular weight is 452 g/mol. The van der Waals surface area contributed by atoms with Crippen LogP contribution in [0.25, 0.3) is 0 Å². The molecule has 0 aliphatic carbocycles. The van der Waals surface area contributed by atoms with Gasteiger partial charge in [-0.15, -0.1) is 24.0 Å². The van der Waals surface area contributed by atoms with Crippen molar-refractivity contribution in [3.05, 3.63) is 29.8 Å². The van der Waals surface area contributed by atoms with Crippen molar-refractivity contribution in [1.82, 2.24) is 15.5 Å². The topological polar surface area (TPSA) is 48.9 Å². The number of aliphatic imine (C=N–C) groups is 1. The average Bonchev–Trinajstić information content (AvgIpc) is 2.53. The largest absolute Gasteiger partial charge is 0.496 e. The summed E-state index contributed by atoms with van der Waals surface area (Å²) in [6.07, 6.45) is 2.10. The van der Waals surface area contributed by atoms with Crippen molar-refractivity contribution >= 4 is 41.7 Å². The van der Waals surface area contributed by atoms with E-state index in [1.165, 1.54) is 5.56 Å². The summed E-state index contributed by atoms with van der Waals surface area (Å²) in [5.74, 6) is 2.80. The molecule has 23 heavy (non-hydrogen) atoms. The summed E-state index contributed by atoms with van der Waals surface area (Å²) in [6.45, 7) is 1.66. The maximum Gasteiger partial charge on any atom is 0.191 e. The number of nitrogens with one attached hydrogen (secondary N) is 2. The number of hydrogen-bond acceptors (Lipinski definition) is 4. The van der Waals surface area contributed by atoms with Gasteiger partial charge in [0.05, 0.1) is 13.2 Å². The van der Waals surface area contributed by atoms with Gasteiger partial charge in [-0.05, 0) is 26.4 Å². The molecule has 1 rings (SSSR count). The number of rotatable bonds is 8. The molecule has 0 radical (unpaired) electrons. The Labute approximate surface area is 161 Å². The zero-order chi connectivity index (χ0) is 16.4. The normalized spacial score (nSPS) is 12.5. The first-order valence-corrected chi connectivity index (χ1v) is 8.76. The minimum absolute atomic E-state index is 0. The smallest absolute Gasteiger partial charge is 0.191 e. The molecule has 1 aromatic rings. The molecule has 132 valence electrons. The molecule has 0 aliphatic heterocycles. The number of likely N-dealkylation sites (N-methyl/N-ethyl adjacent to an activating group) is 1. The minimum Gasteiger partial charge on any atom is -0.496 e. The van der Waals surface area contributed by atoms with E-state index in [0.717, 1.165) is 30.6 Å². The lowest BCUT2D eigenvalue weighted by Crippen LogP contribution is -2.42. The highest BCUT2D eigenvalue weighted by Gasteiger charge is 2.18. The van der Waals surface area contributed by atoms with Crippen molar-refractivity contribution in [2.75, 3.05) is 53.4 Å². The first kappa shape index (κ1) is 22.3. The van der Waals surface area contributed by atoms with Crippen molar-refractivity contribution in [3.63, 3.8) is 0 Å². The van der Waals surface area contributed by atoms with E-state index in [9.17, 15) is 0 Å². The number of thioether (sulfide) groups is 1. The number of guanidine groups is 1. The van der Waals surface area contributed by atoms with Gasteiger partial charge in [0, 0.05) is 31.5 Å². The third-order valence-corrected chi connectivity index (χ3v) is 4.02. The molecule has 7 heteroatoms. The van der Waals surface area contributed by atoms with Crippen LogP contribution in [0.2, 0.25) is 0 Å². The number of nitrogens with zero attached hydrogens (tertiary/aromatic N) is 2. The van der Waals surface area contributed by atoms with E-state index < -0.39 is 0 Å². The summed E-state index contributed by atoms with van der Waals surface area (Å²) in [7, 11) is 7.65. The number of hydrogen-bond donors (Lipinski definition) is 2. The van der Waals surface area contributed by atoms with Gasteiger partial charge in [0.1, 0.15) is 5.75 Å². The molecule has 0 amide bonds. The maximum atomic E-state index is 5.49. The van der Waals surface area contributed by atoms with Crippen LogP contribution in [-0.2, 0) is 0 Å². The number of methoxy groups -OCH3 is 1. The van der Waals surface area contributed by atoms with E-state index in [1.54, 1.807) is 14.2 Å². The monoisotopic (exact) mass is 452 g/mol. The molecule has 0 bridgehead atoms. The lowest BCUT2D eigenvalue weighted by molar-refractivity contribution is 0.288. The Hall–Kier alpha value is -0.670. The van der Waals surface area contributed by atoms with Crippen molar-refractivity contribution in [1.29, 1.82) is 0 Å². The second kappa shape index (κ2) is 12.7. The Morgan fingerprint density at radius 3 is 2.57 bits per heavy atom. The van der Waals surface area contributed by atoms with E-state index in [-0.39, 0.29) is 30.0 Å². The fourth-order valence-corrected chi connectivity index (χ4v) is 2.50. The zero-order valence-electron chi connectivity index (χ0n) is 14.6. The summed E-state index contributed by atoms with van der Waals surface area (Å²) in [5, 5.41) is 6.70. The van der Waals surface area contributed by atoms with Crippen LogP contribution in [0, 0.1) is 0 Å². The van der Waals surface area contributed by atoms with E-state index >= 15 is 0 Å². The predicted molar refractivity (Wildman–Crippen MR) is 113 cm³/mol. The van der Waals surface area contributed by atoms with E-state index in [4.69, 9.17) is 4.74 Å². The molecule has 0 heterocycles. The van der Waals surface area contributed by atoms with E-state index in [1.807, 2.05) is 30.0 Å². The molecule has 0 saturated heterocycles. The lowest BCUT2D eigenvalue weighted by atomic mass is 10.0. The molecular formula is C16H29IN4OS. The van der Waals surface area contributed by atoms with Gasteiger partial charge in [-0.2, -0.15) is 11.8 Å². The molecule has 1 unspecified atom stereocenters. The Kier molecular flexibility index (Phi) is 12.3. The Morgan fingerprint density at radius 2 is 2.00 bits per heavy atom. The summed E-state index contributed by atoms with van der Waals surface area (Å²) in [5.41, 5.74) is 1.17. The van der Waals surface area contributed by atoms with Crippen LogP contribution in [0.3, 0.4) is 0 Å². The third-order valence-electron chi connectivity index (χ3n) is 3.41. The molecule has 0 fully saturated rings. The highest BCUT2D eigenvalue weighted by atomic mass is 127. The second-order valence-electron chi connectivity index (χ2n) is 5.09. The molecule has 0 saturated carbocycles. The zero-order valence-corrected chi connectivity index (χ0v) is 17.8. The van der Waals surface area contributed by atoms with Gasteiger partial charge in [-0.25, -0.2) is 0 Å². The summed E-state index contributed by atoms with van der Waals surface area (Å²) in [4.78, 5) is 6.44. The van der Waals surface area contributed by atoms with Crippen molar-refractivity contribution < 1.29 is 4.74 Å². The number of ether oxygens (including phenoxy) is 1. The van der Waals surface area contributed by atoms with Gasteiger partial charge in [-0.1, -0.05) is 18.2 Å². The van der Waals surface area contributed by atoms with Crippen molar-refractivity contribution in [2.45, 2.75) is 6.04 Å². The molecule has 0 aliphatic rings. The Balaban J connectivity index is 0.00000484. The molecule has 2 N–H and O–H groups in total. The van der Waals surface area contributed by atoms with Crippen LogP contribution >= 0.6 is 35.7 Å². The summed E-state index contributed by atoms with van der Waals surface area (Å²) in [6, 6.07) is 8.34. The van der Waals surface area contributed by atoms with Gasteiger partial charge >= 0.3 is 0 Å². The minimum atomic E-state index is 0. The van der Waals surface area contributed by atoms with Crippen molar-refractivity contribution in [3.8, 4) is 5.75 Å². The fourth-order valence-electron chi connectivity index (χ4n) is 2.20. The van der Waals surface area contributed by atoms with Crippen LogP contribution in [0.4, 0.5) is 0 Å². The fraction of sp³-hybridized carbons (Fsp3) is 0.562. The maximum absolute atomic E-state index is 5.49. The van der Waals surface area contributed by atoms with Crippen LogP contribution in [-0.4, -0.2) is 64.2 Å². The Morgan fingerprint density at radius 1 is 1.30 bits per heavy atom. The summed E-state index contributed by atoms with van der Waals surface area (Å²) >= 11 is 1.82. The highest BCUT2D eigenvalue weighted by molar-refractivity contribution is 14.0. The summed E-state index contributed by atoms with van der Waals surface area (Å²) < 4.78 is 5.49. The molecular weight excluding hydrogens is 423 g/mol. The van der Waals surface area contributed by atoms with Gasteiger partial charge in [-0.3, -0.25) is 4.99 Å². The van der Waals surface area contributed by atoms with E-state index in [2.05, 4.69) is 46.9 Å². The quantitative estimate of drug-likeness (QED) is 0.275. The number of benzene rings is 1. The van der Waals surface area contributed by atoms with Crippen molar-refractivity contribution in [2.24, 2.45) is 4.99 Å². The molecule has 1 aromatic carbocycles. The third kappa shape index (κ3) is 7.63. The first-order chi connectivity index (χ1) is 10.6. The molecule has 0 spiro atoms. The predicted octanol–water partition coefficient (Wildman–Crippen LogP) is 2.44. The van der Waals surface area contributed by atoms with Crippen LogP contribution in [0.1, 0.15) is 11.6 Å². The lowest BCUT2D eigenvalue weighted by Gasteiger charge is -2.27. The second-order valence-corrected chi connectivity index (χ2v) is 6.08. The SMILES string of the molecule is CN=C(NCCSC)NCC(c1ccccc1OC)N(C)C.I.